The molecule has 0 fully saturated rings. The first-order valence-electron chi connectivity index (χ1n) is 8.88. The Morgan fingerprint density at radius 3 is 2.35 bits per heavy atom. The molecule has 0 spiro atoms. The smallest absolute Gasteiger partial charge is 0.325 e. The molecule has 0 atom stereocenters. The van der Waals surface area contributed by atoms with Gasteiger partial charge in [0.05, 0.1) is 12.1 Å². The summed E-state index contributed by atoms with van der Waals surface area (Å²) < 4.78 is 32.6. The lowest BCUT2D eigenvalue weighted by molar-refractivity contribution is -0.119. The Balaban J connectivity index is 1.58. The number of hydrogen-bond donors (Lipinski definition) is 3. The molecule has 0 aliphatic rings. The molecule has 0 aliphatic heterocycles. The van der Waals surface area contributed by atoms with Crippen molar-refractivity contribution in [2.24, 2.45) is 5.73 Å². The number of carbonyl (C=O) groups excluding carboxylic acids is 3. The van der Waals surface area contributed by atoms with Crippen LogP contribution < -0.4 is 21.1 Å². The molecule has 0 bridgehead atoms. The van der Waals surface area contributed by atoms with Gasteiger partial charge in [0.1, 0.15) is 28.8 Å². The summed E-state index contributed by atoms with van der Waals surface area (Å²) in [5.74, 6) is -2.33. The van der Waals surface area contributed by atoms with Crippen molar-refractivity contribution >= 4 is 23.5 Å². The number of nitrogens with zero attached hydrogens (tertiary/aromatic N) is 1. The Bertz CT molecular complexity index is 1140. The van der Waals surface area contributed by atoms with Crippen LogP contribution in [-0.4, -0.2) is 22.8 Å². The van der Waals surface area contributed by atoms with Gasteiger partial charge in [-0.05, 0) is 35.9 Å². The van der Waals surface area contributed by atoms with E-state index in [9.17, 15) is 23.2 Å². The normalized spacial score (nSPS) is 10.3. The summed E-state index contributed by atoms with van der Waals surface area (Å²) in [4.78, 5) is 38.8. The molecule has 10 heteroatoms. The Hall–Kier alpha value is -4.34. The number of primary amides is 1. The van der Waals surface area contributed by atoms with Crippen LogP contribution >= 0.6 is 0 Å². The molecule has 8 nitrogen and oxygen atoms in total. The minimum Gasteiger partial charge on any atom is -0.457 e. The molecule has 0 aliphatic carbocycles. The number of pyridine rings is 1. The summed E-state index contributed by atoms with van der Waals surface area (Å²) in [5.41, 5.74) is 5.45. The molecular weight excluding hydrogens is 410 g/mol. The number of benzene rings is 2. The Kier molecular flexibility index (Phi) is 6.51. The zero-order chi connectivity index (χ0) is 22.4. The fourth-order valence-corrected chi connectivity index (χ4v) is 2.52. The minimum absolute atomic E-state index is 0.0155. The van der Waals surface area contributed by atoms with E-state index >= 15 is 0 Å². The second-order valence-electron chi connectivity index (χ2n) is 6.29. The molecule has 2 aromatic carbocycles. The molecule has 0 saturated carbocycles. The quantitative estimate of drug-likeness (QED) is 0.559. The molecule has 1 aromatic heterocycles. The maximum atomic E-state index is 14.3. The van der Waals surface area contributed by atoms with Crippen LogP contribution in [0.2, 0.25) is 0 Å². The van der Waals surface area contributed by atoms with E-state index in [1.165, 1.54) is 54.7 Å². The number of amides is 4. The third kappa shape index (κ3) is 6.07. The molecule has 0 unspecified atom stereocenters. The Morgan fingerprint density at radius 1 is 0.968 bits per heavy atom. The van der Waals surface area contributed by atoms with Crippen LogP contribution in [-0.2, 0) is 11.2 Å². The van der Waals surface area contributed by atoms with Gasteiger partial charge in [0, 0.05) is 18.3 Å². The lowest BCUT2D eigenvalue weighted by Crippen LogP contribution is -2.35. The number of imide groups is 1. The molecule has 3 rings (SSSR count). The van der Waals surface area contributed by atoms with E-state index in [2.05, 4.69) is 15.6 Å². The highest BCUT2D eigenvalue weighted by Gasteiger charge is 2.13. The van der Waals surface area contributed by atoms with E-state index in [0.717, 1.165) is 6.07 Å². The molecule has 158 valence electrons. The van der Waals surface area contributed by atoms with Crippen molar-refractivity contribution in [3.63, 3.8) is 0 Å². The zero-order valence-electron chi connectivity index (χ0n) is 15.9. The highest BCUT2D eigenvalue weighted by atomic mass is 19.1. The second kappa shape index (κ2) is 9.44. The van der Waals surface area contributed by atoms with Gasteiger partial charge in [0.25, 0.3) is 5.91 Å². The number of halogens is 2. The van der Waals surface area contributed by atoms with Crippen LogP contribution in [0.5, 0.6) is 11.5 Å². The maximum Gasteiger partial charge on any atom is 0.325 e. The van der Waals surface area contributed by atoms with Gasteiger partial charge < -0.3 is 15.8 Å². The van der Waals surface area contributed by atoms with Gasteiger partial charge in [0.15, 0.2) is 0 Å². The van der Waals surface area contributed by atoms with Gasteiger partial charge in [-0.3, -0.25) is 19.9 Å². The fraction of sp³-hybridized carbons (Fsp3) is 0.0476. The predicted molar refractivity (Wildman–Crippen MR) is 106 cm³/mol. The summed E-state index contributed by atoms with van der Waals surface area (Å²) >= 11 is 0. The van der Waals surface area contributed by atoms with Gasteiger partial charge in [-0.1, -0.05) is 12.1 Å². The molecule has 0 saturated heterocycles. The predicted octanol–water partition coefficient (Wildman–Crippen LogP) is 3.14. The third-order valence-electron chi connectivity index (χ3n) is 3.94. The average molecular weight is 426 g/mol. The zero-order valence-corrected chi connectivity index (χ0v) is 15.9. The van der Waals surface area contributed by atoms with E-state index in [0.29, 0.717) is 5.56 Å². The monoisotopic (exact) mass is 426 g/mol. The molecule has 31 heavy (non-hydrogen) atoms. The first-order chi connectivity index (χ1) is 14.8. The summed E-state index contributed by atoms with van der Waals surface area (Å²) in [6, 6.07) is 10.7. The lowest BCUT2D eigenvalue weighted by Gasteiger charge is -2.10. The average Bonchev–Trinajstić information content (AvgIpc) is 2.72. The first-order valence-corrected chi connectivity index (χ1v) is 8.88. The Labute approximate surface area is 175 Å². The van der Waals surface area contributed by atoms with E-state index in [-0.39, 0.29) is 29.3 Å². The first kappa shape index (κ1) is 21.4. The van der Waals surface area contributed by atoms with Crippen molar-refractivity contribution in [2.75, 3.05) is 5.32 Å². The van der Waals surface area contributed by atoms with Crippen molar-refractivity contribution in [1.29, 1.82) is 0 Å². The number of hydrogen-bond acceptors (Lipinski definition) is 5. The number of urea groups is 1. The van der Waals surface area contributed by atoms with E-state index in [4.69, 9.17) is 10.5 Å². The summed E-state index contributed by atoms with van der Waals surface area (Å²) in [6.07, 6.45) is 1.16. The van der Waals surface area contributed by atoms with Gasteiger partial charge in [0.2, 0.25) is 5.91 Å². The van der Waals surface area contributed by atoms with Crippen molar-refractivity contribution < 1.29 is 27.9 Å². The third-order valence-corrected chi connectivity index (χ3v) is 3.94. The number of aromatic nitrogens is 1. The molecule has 4 N–H and O–H groups in total. The van der Waals surface area contributed by atoms with Gasteiger partial charge in [-0.25, -0.2) is 13.6 Å². The van der Waals surface area contributed by atoms with Gasteiger partial charge >= 0.3 is 6.03 Å². The number of rotatable bonds is 6. The number of anilines is 1. The molecule has 4 amide bonds. The van der Waals surface area contributed by atoms with Crippen molar-refractivity contribution in [1.82, 2.24) is 10.3 Å². The van der Waals surface area contributed by atoms with E-state index < -0.39 is 29.5 Å². The van der Waals surface area contributed by atoms with Crippen LogP contribution in [0.15, 0.2) is 60.8 Å². The number of nitrogens with one attached hydrogen (secondary N) is 2. The van der Waals surface area contributed by atoms with E-state index in [1.54, 1.807) is 0 Å². The van der Waals surface area contributed by atoms with Crippen LogP contribution in [0.1, 0.15) is 16.1 Å². The van der Waals surface area contributed by atoms with Crippen molar-refractivity contribution in [3.8, 4) is 11.5 Å². The molecule has 0 radical (unpaired) electrons. The second-order valence-corrected chi connectivity index (χ2v) is 6.29. The van der Waals surface area contributed by atoms with Crippen LogP contribution in [0.4, 0.5) is 19.3 Å². The molecular formula is C21H16F2N4O4. The van der Waals surface area contributed by atoms with Crippen LogP contribution in [0.3, 0.4) is 0 Å². The van der Waals surface area contributed by atoms with E-state index in [1.807, 2.05) is 0 Å². The Morgan fingerprint density at radius 2 is 1.68 bits per heavy atom. The summed E-state index contributed by atoms with van der Waals surface area (Å²) in [6.45, 7) is 0. The summed E-state index contributed by atoms with van der Waals surface area (Å²) in [7, 11) is 0. The lowest BCUT2D eigenvalue weighted by atomic mass is 10.1. The molecule has 3 aromatic rings. The highest BCUT2D eigenvalue weighted by Crippen LogP contribution is 2.25. The van der Waals surface area contributed by atoms with Crippen molar-refractivity contribution in [3.05, 3.63) is 83.7 Å². The SMILES string of the molecule is NC(=O)c1cc(Oc2ccc(NC(=O)NC(=O)Cc3ccc(F)cc3)c(F)c2)ccn1. The maximum absolute atomic E-state index is 14.3. The highest BCUT2D eigenvalue weighted by molar-refractivity contribution is 6.01. The number of ether oxygens (including phenoxy) is 1. The van der Waals surface area contributed by atoms with Crippen molar-refractivity contribution in [2.45, 2.75) is 6.42 Å². The standard InChI is InChI=1S/C21H16F2N4O4/c22-13-3-1-12(2-4-13)9-19(28)27-21(30)26-17-6-5-14(10-16(17)23)31-15-7-8-25-18(11-15)20(24)29/h1-8,10-11H,9H2,(H2,24,29)(H2,26,27,28,30). The number of carbonyl (C=O) groups is 3. The molecule has 1 heterocycles. The number of nitrogens with two attached hydrogens (primary N) is 1. The van der Waals surface area contributed by atoms with Gasteiger partial charge in [-0.15, -0.1) is 0 Å². The van der Waals surface area contributed by atoms with Crippen LogP contribution in [0, 0.1) is 11.6 Å². The fourth-order valence-electron chi connectivity index (χ4n) is 2.52. The largest absolute Gasteiger partial charge is 0.457 e. The minimum atomic E-state index is -0.931. The van der Waals surface area contributed by atoms with Gasteiger partial charge in [-0.2, -0.15) is 0 Å². The topological polar surface area (TPSA) is 123 Å². The van der Waals surface area contributed by atoms with Crippen LogP contribution in [0.25, 0.3) is 0 Å². The summed E-state index contributed by atoms with van der Waals surface area (Å²) in [5, 5.41) is 4.28.